The van der Waals surface area contributed by atoms with Crippen LogP contribution in [0.1, 0.15) is 12.0 Å². The van der Waals surface area contributed by atoms with E-state index in [1.165, 1.54) is 44.4 Å². The Balaban J connectivity index is 1.64. The van der Waals surface area contributed by atoms with Crippen molar-refractivity contribution in [2.45, 2.75) is 19.6 Å². The number of alkyl halides is 2. The Morgan fingerprint density at radius 2 is 1.78 bits per heavy atom. The van der Waals surface area contributed by atoms with E-state index < -0.39 is 18.5 Å². The van der Waals surface area contributed by atoms with E-state index >= 15 is 0 Å². The Bertz CT molecular complexity index is 983. The van der Waals surface area contributed by atoms with Crippen molar-refractivity contribution < 1.29 is 42.1 Å². The van der Waals surface area contributed by atoms with Crippen LogP contribution in [0.5, 0.6) is 23.0 Å². The number of rotatable bonds is 9. The first-order valence-corrected chi connectivity index (χ1v) is 9.67. The fourth-order valence-corrected chi connectivity index (χ4v) is 3.37. The first kappa shape index (κ1) is 23.1. The average Bonchev–Trinajstić information content (AvgIpc) is 3.18. The van der Waals surface area contributed by atoms with Crippen molar-refractivity contribution >= 4 is 17.6 Å². The lowest BCUT2D eigenvalue weighted by molar-refractivity contribution is -0.149. The minimum atomic E-state index is -2.99. The molecule has 0 spiro atoms. The van der Waals surface area contributed by atoms with Gasteiger partial charge in [-0.25, -0.2) is 0 Å². The van der Waals surface area contributed by atoms with Crippen molar-refractivity contribution in [3.8, 4) is 23.0 Å². The maximum absolute atomic E-state index is 12.6. The van der Waals surface area contributed by atoms with E-state index in [2.05, 4.69) is 4.74 Å². The van der Waals surface area contributed by atoms with Crippen LogP contribution < -0.4 is 23.8 Å². The minimum absolute atomic E-state index is 0.00148. The van der Waals surface area contributed by atoms with Crippen LogP contribution in [-0.4, -0.2) is 46.4 Å². The van der Waals surface area contributed by atoms with Gasteiger partial charge in [-0.05, 0) is 29.8 Å². The number of amides is 1. The van der Waals surface area contributed by atoms with Crippen LogP contribution in [0.2, 0.25) is 0 Å². The van der Waals surface area contributed by atoms with Crippen molar-refractivity contribution in [2.24, 2.45) is 5.92 Å². The molecule has 3 rings (SSSR count). The third kappa shape index (κ3) is 5.19. The fourth-order valence-electron chi connectivity index (χ4n) is 3.37. The first-order valence-electron chi connectivity index (χ1n) is 9.67. The van der Waals surface area contributed by atoms with E-state index in [0.717, 1.165) is 0 Å². The van der Waals surface area contributed by atoms with Gasteiger partial charge in [0.15, 0.2) is 11.5 Å². The average molecular weight is 451 g/mol. The topological polar surface area (TPSA) is 83.5 Å². The molecule has 10 heteroatoms. The number of hydrogen-bond acceptors (Lipinski definition) is 7. The van der Waals surface area contributed by atoms with Gasteiger partial charge in [0.05, 0.1) is 32.9 Å². The van der Waals surface area contributed by atoms with Gasteiger partial charge >= 0.3 is 12.6 Å². The van der Waals surface area contributed by atoms with Crippen LogP contribution in [0.3, 0.4) is 0 Å². The highest BCUT2D eigenvalue weighted by Crippen LogP contribution is 2.36. The molecule has 1 saturated heterocycles. The second-order valence-corrected chi connectivity index (χ2v) is 6.91. The van der Waals surface area contributed by atoms with Crippen LogP contribution in [0.4, 0.5) is 14.5 Å². The van der Waals surface area contributed by atoms with E-state index in [-0.39, 0.29) is 37.0 Å². The highest BCUT2D eigenvalue weighted by molar-refractivity contribution is 6.00. The molecule has 0 radical (unpaired) electrons. The molecule has 1 heterocycles. The van der Waals surface area contributed by atoms with E-state index in [9.17, 15) is 18.4 Å². The number of halogens is 2. The third-order valence-electron chi connectivity index (χ3n) is 4.96. The molecule has 172 valence electrons. The summed E-state index contributed by atoms with van der Waals surface area (Å²) in [6.45, 7) is -2.95. The number of carbonyl (C=O) groups is 2. The van der Waals surface area contributed by atoms with Gasteiger partial charge in [-0.2, -0.15) is 8.78 Å². The van der Waals surface area contributed by atoms with E-state index in [4.69, 9.17) is 18.9 Å². The molecule has 1 aliphatic heterocycles. The minimum Gasteiger partial charge on any atom is -0.497 e. The molecule has 32 heavy (non-hydrogen) atoms. The van der Waals surface area contributed by atoms with Gasteiger partial charge in [0.25, 0.3) is 0 Å². The lowest BCUT2D eigenvalue weighted by atomic mass is 10.1. The fraction of sp³-hybridized carbons (Fsp3) is 0.364. The van der Waals surface area contributed by atoms with Gasteiger partial charge in [-0.1, -0.05) is 6.07 Å². The highest BCUT2D eigenvalue weighted by Gasteiger charge is 2.37. The summed E-state index contributed by atoms with van der Waals surface area (Å²) >= 11 is 0. The maximum atomic E-state index is 12.6. The molecule has 0 aromatic heterocycles. The molecule has 1 atom stereocenters. The molecule has 0 aliphatic carbocycles. The molecule has 8 nitrogen and oxygen atoms in total. The number of anilines is 1. The largest absolute Gasteiger partial charge is 0.497 e. The van der Waals surface area contributed by atoms with Crippen LogP contribution >= 0.6 is 0 Å². The van der Waals surface area contributed by atoms with Crippen molar-refractivity contribution in [2.75, 3.05) is 32.8 Å². The Hall–Kier alpha value is -3.56. The maximum Gasteiger partial charge on any atom is 0.387 e. The SMILES string of the molecule is COc1ccc(N2CC(C(=O)OCc3ccc(OC(F)F)c(OC)c3)CC2=O)c(OC)c1. The van der Waals surface area contributed by atoms with E-state index in [1.807, 2.05) is 0 Å². The molecular weight excluding hydrogens is 428 g/mol. The standard InChI is InChI=1S/C22H23F2NO7/c1-28-15-5-6-16(18(10-15)29-2)25-11-14(9-20(25)26)21(27)31-12-13-4-7-17(32-22(23)24)19(8-13)30-3/h4-8,10,14,22H,9,11-12H2,1-3H3. The summed E-state index contributed by atoms with van der Waals surface area (Å²) in [5.41, 5.74) is 1.06. The summed E-state index contributed by atoms with van der Waals surface area (Å²) in [5.74, 6) is -0.433. The zero-order valence-corrected chi connectivity index (χ0v) is 17.8. The first-order chi connectivity index (χ1) is 15.4. The van der Waals surface area contributed by atoms with Crippen LogP contribution in [0.15, 0.2) is 36.4 Å². The van der Waals surface area contributed by atoms with Crippen molar-refractivity contribution in [3.63, 3.8) is 0 Å². The molecule has 1 amide bonds. The van der Waals surface area contributed by atoms with E-state index in [1.54, 1.807) is 18.2 Å². The number of carbonyl (C=O) groups excluding carboxylic acids is 2. The summed E-state index contributed by atoms with van der Waals surface area (Å²) in [5, 5.41) is 0. The number of hydrogen-bond donors (Lipinski definition) is 0. The normalized spacial score (nSPS) is 15.6. The summed E-state index contributed by atoms with van der Waals surface area (Å²) in [6, 6.07) is 9.29. The summed E-state index contributed by atoms with van der Waals surface area (Å²) in [4.78, 5) is 26.6. The van der Waals surface area contributed by atoms with Gasteiger partial charge in [-0.3, -0.25) is 9.59 Å². The second-order valence-electron chi connectivity index (χ2n) is 6.91. The lowest BCUT2D eigenvalue weighted by Gasteiger charge is -2.20. The summed E-state index contributed by atoms with van der Waals surface area (Å²) in [6.07, 6.45) is -0.00148. The van der Waals surface area contributed by atoms with Crippen LogP contribution in [0.25, 0.3) is 0 Å². The van der Waals surface area contributed by atoms with E-state index in [0.29, 0.717) is 22.7 Å². The Morgan fingerprint density at radius 1 is 1.03 bits per heavy atom. The van der Waals surface area contributed by atoms with Gasteiger partial charge in [0, 0.05) is 19.0 Å². The smallest absolute Gasteiger partial charge is 0.387 e. The molecule has 2 aromatic rings. The predicted molar refractivity (Wildman–Crippen MR) is 109 cm³/mol. The highest BCUT2D eigenvalue weighted by atomic mass is 19.3. The van der Waals surface area contributed by atoms with Gasteiger partial charge in [-0.15, -0.1) is 0 Å². The predicted octanol–water partition coefficient (Wildman–Crippen LogP) is 3.41. The van der Waals surface area contributed by atoms with Crippen molar-refractivity contribution in [3.05, 3.63) is 42.0 Å². The lowest BCUT2D eigenvalue weighted by Crippen LogP contribution is -2.26. The molecule has 1 fully saturated rings. The molecule has 1 unspecified atom stereocenters. The molecule has 0 bridgehead atoms. The third-order valence-corrected chi connectivity index (χ3v) is 4.96. The van der Waals surface area contributed by atoms with Crippen LogP contribution in [0, 0.1) is 5.92 Å². The van der Waals surface area contributed by atoms with Gasteiger partial charge in [0.2, 0.25) is 5.91 Å². The molecular formula is C22H23F2NO7. The molecule has 2 aromatic carbocycles. The number of methoxy groups -OCH3 is 3. The Morgan fingerprint density at radius 3 is 2.44 bits per heavy atom. The van der Waals surface area contributed by atoms with Gasteiger partial charge in [0.1, 0.15) is 18.1 Å². The van der Waals surface area contributed by atoms with Crippen molar-refractivity contribution in [1.82, 2.24) is 0 Å². The monoisotopic (exact) mass is 451 g/mol. The quantitative estimate of drug-likeness (QED) is 0.541. The number of benzene rings is 2. The van der Waals surface area contributed by atoms with Crippen LogP contribution in [-0.2, 0) is 20.9 Å². The molecule has 0 saturated carbocycles. The number of nitrogens with zero attached hydrogens (tertiary/aromatic N) is 1. The zero-order chi connectivity index (χ0) is 23.3. The Kier molecular flexibility index (Phi) is 7.34. The summed E-state index contributed by atoms with van der Waals surface area (Å²) < 4.78 is 50.1. The second kappa shape index (κ2) is 10.2. The number of ether oxygens (including phenoxy) is 5. The molecule has 0 N–H and O–H groups in total. The summed E-state index contributed by atoms with van der Waals surface area (Å²) in [7, 11) is 4.32. The van der Waals surface area contributed by atoms with Gasteiger partial charge < -0.3 is 28.6 Å². The Labute approximate surface area is 183 Å². The molecule has 1 aliphatic rings. The van der Waals surface area contributed by atoms with Crippen molar-refractivity contribution in [1.29, 1.82) is 0 Å². The zero-order valence-electron chi connectivity index (χ0n) is 17.8. The number of esters is 1.